The zero-order valence-corrected chi connectivity index (χ0v) is 20.5. The number of unbranched alkanes of at least 4 members (excludes halogenated alkanes) is 9. The average Bonchev–Trinajstić information content (AvgIpc) is 2.61. The molecule has 9 heteroatoms. The first-order valence-corrected chi connectivity index (χ1v) is 11.4. The molecule has 0 fully saturated rings. The van der Waals surface area contributed by atoms with E-state index in [-0.39, 0.29) is 36.1 Å². The Kier molecular flexibility index (Phi) is 19.8. The number of hydrogen-bond acceptors (Lipinski definition) is 6. The van der Waals surface area contributed by atoms with Gasteiger partial charge in [-0.2, -0.15) is 0 Å². The van der Waals surface area contributed by atoms with Crippen LogP contribution in [0.4, 0.5) is 0 Å². The molecule has 0 aliphatic carbocycles. The molecular formula is C19H34NNaO6S. The van der Waals surface area contributed by atoms with Gasteiger partial charge in [0.2, 0.25) is 5.91 Å². The number of ether oxygens (including phenoxy) is 1. The Morgan fingerprint density at radius 1 is 0.929 bits per heavy atom. The molecule has 0 unspecified atom stereocenters. The summed E-state index contributed by atoms with van der Waals surface area (Å²) in [5, 5.41) is 0. The maximum absolute atomic E-state index is 11.7. The van der Waals surface area contributed by atoms with Gasteiger partial charge in [0.25, 0.3) is 0 Å². The fourth-order valence-electron chi connectivity index (χ4n) is 2.44. The molecule has 0 radical (unpaired) electrons. The van der Waals surface area contributed by atoms with E-state index in [1.165, 1.54) is 52.0 Å². The van der Waals surface area contributed by atoms with Crippen molar-refractivity contribution in [2.24, 2.45) is 0 Å². The van der Waals surface area contributed by atoms with Crippen LogP contribution >= 0.6 is 0 Å². The predicted molar refractivity (Wildman–Crippen MR) is 104 cm³/mol. The zero-order valence-electron chi connectivity index (χ0n) is 17.7. The first-order chi connectivity index (χ1) is 12.8. The second-order valence-corrected chi connectivity index (χ2v) is 8.23. The zero-order chi connectivity index (χ0) is 20.5. The molecule has 1 amide bonds. The SMILES string of the molecule is CCCCCCCCCCCCOC(=O)/C=C/C(=O)N(C)CCS(=O)(=O)[O-].[Na+]. The largest absolute Gasteiger partial charge is 1.00 e. The summed E-state index contributed by atoms with van der Waals surface area (Å²) in [6, 6.07) is 0. The Balaban J connectivity index is 0. The molecule has 0 saturated carbocycles. The molecule has 0 aromatic carbocycles. The van der Waals surface area contributed by atoms with Crippen molar-refractivity contribution in [1.29, 1.82) is 0 Å². The summed E-state index contributed by atoms with van der Waals surface area (Å²) in [6.45, 7) is 2.31. The van der Waals surface area contributed by atoms with E-state index in [4.69, 9.17) is 4.74 Å². The van der Waals surface area contributed by atoms with Gasteiger partial charge >= 0.3 is 35.5 Å². The molecule has 0 atom stereocenters. The Morgan fingerprint density at radius 2 is 1.43 bits per heavy atom. The van der Waals surface area contributed by atoms with E-state index in [0.717, 1.165) is 36.3 Å². The number of likely N-dealkylation sites (N-methyl/N-ethyl adjacent to an activating group) is 1. The van der Waals surface area contributed by atoms with Gasteiger partial charge in [0, 0.05) is 25.7 Å². The maximum Gasteiger partial charge on any atom is 1.00 e. The maximum atomic E-state index is 11.7. The van der Waals surface area contributed by atoms with Crippen molar-refractivity contribution in [2.45, 2.75) is 71.1 Å². The topological polar surface area (TPSA) is 104 Å². The monoisotopic (exact) mass is 427 g/mol. The molecule has 0 bridgehead atoms. The summed E-state index contributed by atoms with van der Waals surface area (Å²) >= 11 is 0. The summed E-state index contributed by atoms with van der Waals surface area (Å²) in [6.07, 6.45) is 14.0. The van der Waals surface area contributed by atoms with Crippen LogP contribution in [0.15, 0.2) is 12.2 Å². The number of amides is 1. The Hall–Kier alpha value is -0.410. The van der Waals surface area contributed by atoms with Crippen LogP contribution in [0.3, 0.4) is 0 Å². The molecule has 0 rings (SSSR count). The molecule has 0 aromatic rings. The molecule has 0 aliphatic rings. The van der Waals surface area contributed by atoms with Crippen LogP contribution in [0, 0.1) is 0 Å². The van der Waals surface area contributed by atoms with Crippen LogP contribution in [0.2, 0.25) is 0 Å². The minimum absolute atomic E-state index is 0. The molecule has 7 nitrogen and oxygen atoms in total. The number of nitrogens with zero attached hydrogens (tertiary/aromatic N) is 1. The number of carbonyl (C=O) groups excluding carboxylic acids is 2. The van der Waals surface area contributed by atoms with Crippen molar-refractivity contribution in [1.82, 2.24) is 4.90 Å². The summed E-state index contributed by atoms with van der Waals surface area (Å²) in [7, 11) is -3.02. The van der Waals surface area contributed by atoms with Crippen molar-refractivity contribution in [3.63, 3.8) is 0 Å². The van der Waals surface area contributed by atoms with Crippen LogP contribution in [-0.2, 0) is 24.4 Å². The van der Waals surface area contributed by atoms with Crippen molar-refractivity contribution in [3.05, 3.63) is 12.2 Å². The van der Waals surface area contributed by atoms with E-state index in [9.17, 15) is 22.6 Å². The number of rotatable bonds is 16. The first kappa shape index (κ1) is 29.8. The summed E-state index contributed by atoms with van der Waals surface area (Å²) in [5.74, 6) is -1.83. The van der Waals surface area contributed by atoms with E-state index in [2.05, 4.69) is 6.92 Å². The van der Waals surface area contributed by atoms with Gasteiger partial charge in [-0.25, -0.2) is 13.2 Å². The van der Waals surface area contributed by atoms with Gasteiger partial charge in [0.05, 0.1) is 22.5 Å². The van der Waals surface area contributed by atoms with Crippen molar-refractivity contribution in [3.8, 4) is 0 Å². The van der Waals surface area contributed by atoms with E-state index < -0.39 is 27.7 Å². The standard InChI is InChI=1S/C19H35NO6S.Na/c1-3-4-5-6-7-8-9-10-11-12-16-26-19(22)14-13-18(21)20(2)15-17-27(23,24)25;/h13-14H,3-12,15-17H2,1-2H3,(H,23,24,25);/q;+1/p-1/b14-13+;. The third-order valence-electron chi connectivity index (χ3n) is 4.16. The molecule has 158 valence electrons. The smallest absolute Gasteiger partial charge is 0.748 e. The van der Waals surface area contributed by atoms with Crippen molar-refractivity contribution < 1.29 is 56.9 Å². The van der Waals surface area contributed by atoms with E-state index in [1.807, 2.05) is 0 Å². The van der Waals surface area contributed by atoms with E-state index in [0.29, 0.717) is 6.61 Å². The van der Waals surface area contributed by atoms with E-state index >= 15 is 0 Å². The quantitative estimate of drug-likeness (QED) is 0.113. The predicted octanol–water partition coefficient (Wildman–Crippen LogP) is 0.0143. The van der Waals surface area contributed by atoms with Gasteiger partial charge in [-0.1, -0.05) is 64.7 Å². The van der Waals surface area contributed by atoms with Gasteiger partial charge in [-0.05, 0) is 6.42 Å². The van der Waals surface area contributed by atoms with E-state index in [1.54, 1.807) is 0 Å². The van der Waals surface area contributed by atoms with Crippen LogP contribution < -0.4 is 29.6 Å². The molecule has 0 heterocycles. The van der Waals surface area contributed by atoms with Gasteiger partial charge in [0.1, 0.15) is 0 Å². The summed E-state index contributed by atoms with van der Waals surface area (Å²) < 4.78 is 36.6. The molecule has 0 spiro atoms. The molecule has 0 aromatic heterocycles. The second-order valence-electron chi connectivity index (χ2n) is 6.70. The third-order valence-corrected chi connectivity index (χ3v) is 4.84. The molecule has 0 N–H and O–H groups in total. The van der Waals surface area contributed by atoms with Crippen molar-refractivity contribution >= 4 is 22.0 Å². The minimum atomic E-state index is -4.37. The Bertz CT molecular complexity index is 551. The fraction of sp³-hybridized carbons (Fsp3) is 0.789. The second kappa shape index (κ2) is 18.6. The van der Waals surface area contributed by atoms with Gasteiger partial charge in [-0.3, -0.25) is 4.79 Å². The first-order valence-electron chi connectivity index (χ1n) is 9.79. The number of hydrogen-bond donors (Lipinski definition) is 0. The Morgan fingerprint density at radius 3 is 1.93 bits per heavy atom. The van der Waals surface area contributed by atoms with Crippen LogP contribution in [0.25, 0.3) is 0 Å². The van der Waals surface area contributed by atoms with Crippen LogP contribution in [-0.4, -0.2) is 55.7 Å². The number of carbonyl (C=O) groups is 2. The minimum Gasteiger partial charge on any atom is -0.748 e. The van der Waals surface area contributed by atoms with Gasteiger partial charge in [0.15, 0.2) is 0 Å². The van der Waals surface area contributed by atoms with Crippen LogP contribution in [0.5, 0.6) is 0 Å². The fourth-order valence-corrected chi connectivity index (χ4v) is 2.93. The van der Waals surface area contributed by atoms with Crippen LogP contribution in [0.1, 0.15) is 71.1 Å². The summed E-state index contributed by atoms with van der Waals surface area (Å²) in [4.78, 5) is 24.2. The van der Waals surface area contributed by atoms with Gasteiger partial charge in [-0.15, -0.1) is 0 Å². The molecular weight excluding hydrogens is 393 g/mol. The normalized spacial score (nSPS) is 11.2. The van der Waals surface area contributed by atoms with Crippen molar-refractivity contribution in [2.75, 3.05) is 26.0 Å². The molecule has 0 aliphatic heterocycles. The number of esters is 1. The van der Waals surface area contributed by atoms with Gasteiger partial charge < -0.3 is 14.2 Å². The average molecular weight is 428 g/mol. The third kappa shape index (κ3) is 20.3. The Labute approximate surface area is 192 Å². The molecule has 28 heavy (non-hydrogen) atoms. The molecule has 0 saturated heterocycles. The summed E-state index contributed by atoms with van der Waals surface area (Å²) in [5.41, 5.74) is 0.